The highest BCUT2D eigenvalue weighted by molar-refractivity contribution is 5.87. The fourth-order valence-corrected chi connectivity index (χ4v) is 4.56. The molecule has 2 atom stereocenters. The first kappa shape index (κ1) is 20.2. The van der Waals surface area contributed by atoms with Crippen molar-refractivity contribution in [2.45, 2.75) is 31.7 Å². The maximum atomic E-state index is 13.1. The largest absolute Gasteiger partial charge is 0.481 e. The number of nitrogens with one attached hydrogen (secondary N) is 1. The summed E-state index contributed by atoms with van der Waals surface area (Å²) >= 11 is 0. The number of rotatable bonds is 6. The average Bonchev–Trinajstić information content (AvgIpc) is 3.17. The molecular formula is C24H27N3O3. The van der Waals surface area contributed by atoms with Crippen LogP contribution in [0.3, 0.4) is 0 Å². The number of likely N-dealkylation sites (tertiary alicyclic amines) is 1. The number of carbonyl (C=O) groups is 2. The van der Waals surface area contributed by atoms with Crippen molar-refractivity contribution >= 4 is 22.8 Å². The molecule has 1 saturated heterocycles. The van der Waals surface area contributed by atoms with Gasteiger partial charge in [-0.1, -0.05) is 48.5 Å². The van der Waals surface area contributed by atoms with Crippen molar-refractivity contribution in [2.75, 3.05) is 13.1 Å². The first-order valence-corrected chi connectivity index (χ1v) is 10.4. The molecule has 0 unspecified atom stereocenters. The number of hydrogen-bond acceptors (Lipinski definition) is 3. The molecule has 0 saturated carbocycles. The summed E-state index contributed by atoms with van der Waals surface area (Å²) in [7, 11) is 0. The third-order valence-electron chi connectivity index (χ3n) is 6.16. The molecule has 1 aliphatic rings. The number of H-pyrrole nitrogens is 1. The van der Waals surface area contributed by atoms with Crippen molar-refractivity contribution in [1.29, 1.82) is 0 Å². The molecular weight excluding hydrogens is 378 g/mol. The van der Waals surface area contributed by atoms with Gasteiger partial charge in [0.05, 0.1) is 11.5 Å². The summed E-state index contributed by atoms with van der Waals surface area (Å²) in [6.45, 7) is 0.738. The highest BCUT2D eigenvalue weighted by Gasteiger charge is 2.44. The number of aromatic amines is 1. The number of aliphatic carboxylic acids is 1. The SMILES string of the molecule is N[C@H](Cc1c[nH]c2ccccc12)C(=O)N1CCC[C@](Cc2ccccc2)(C(=O)O)C1. The number of aromatic nitrogens is 1. The molecule has 0 aliphatic carbocycles. The lowest BCUT2D eigenvalue weighted by molar-refractivity contribution is -0.155. The fourth-order valence-electron chi connectivity index (χ4n) is 4.56. The van der Waals surface area contributed by atoms with Crippen molar-refractivity contribution < 1.29 is 14.7 Å². The molecule has 6 nitrogen and oxygen atoms in total. The van der Waals surface area contributed by atoms with Crippen LogP contribution < -0.4 is 5.73 Å². The van der Waals surface area contributed by atoms with Gasteiger partial charge in [-0.25, -0.2) is 0 Å². The predicted molar refractivity (Wildman–Crippen MR) is 116 cm³/mol. The lowest BCUT2D eigenvalue weighted by atomic mass is 9.75. The molecule has 156 valence electrons. The zero-order valence-corrected chi connectivity index (χ0v) is 16.9. The van der Waals surface area contributed by atoms with Crippen LogP contribution in [0.25, 0.3) is 10.9 Å². The summed E-state index contributed by atoms with van der Waals surface area (Å²) in [5.41, 5.74) is 8.30. The van der Waals surface area contributed by atoms with Gasteiger partial charge in [0.2, 0.25) is 5.91 Å². The van der Waals surface area contributed by atoms with Crippen LogP contribution in [0.15, 0.2) is 60.8 Å². The Hall–Kier alpha value is -3.12. The lowest BCUT2D eigenvalue weighted by Crippen LogP contribution is -2.55. The molecule has 1 aliphatic heterocycles. The van der Waals surface area contributed by atoms with Crippen LogP contribution in [-0.4, -0.2) is 46.0 Å². The van der Waals surface area contributed by atoms with Gasteiger partial charge in [-0.05, 0) is 42.9 Å². The van der Waals surface area contributed by atoms with Crippen LogP contribution in [0.1, 0.15) is 24.0 Å². The Morgan fingerprint density at radius 1 is 1.13 bits per heavy atom. The van der Waals surface area contributed by atoms with Crippen molar-refractivity contribution in [1.82, 2.24) is 9.88 Å². The number of piperidine rings is 1. The highest BCUT2D eigenvalue weighted by Crippen LogP contribution is 2.34. The number of nitrogens with zero attached hydrogens (tertiary/aromatic N) is 1. The van der Waals surface area contributed by atoms with E-state index in [1.807, 2.05) is 60.8 Å². The Morgan fingerprint density at radius 3 is 2.63 bits per heavy atom. The number of para-hydroxylation sites is 1. The predicted octanol–water partition coefficient (Wildman–Crippen LogP) is 2.97. The number of benzene rings is 2. The molecule has 6 heteroatoms. The average molecular weight is 405 g/mol. The van der Waals surface area contributed by atoms with E-state index in [-0.39, 0.29) is 12.5 Å². The minimum Gasteiger partial charge on any atom is -0.481 e. The molecule has 2 aromatic carbocycles. The second-order valence-electron chi connectivity index (χ2n) is 8.28. The van der Waals surface area contributed by atoms with Gasteiger partial charge >= 0.3 is 5.97 Å². The van der Waals surface area contributed by atoms with Gasteiger partial charge in [0, 0.05) is 30.2 Å². The number of nitrogens with two attached hydrogens (primary N) is 1. The number of carboxylic acid groups (broad SMARTS) is 1. The van der Waals surface area contributed by atoms with Crippen LogP contribution in [-0.2, 0) is 22.4 Å². The minimum absolute atomic E-state index is 0.182. The Balaban J connectivity index is 1.49. The van der Waals surface area contributed by atoms with E-state index in [0.717, 1.165) is 22.0 Å². The summed E-state index contributed by atoms with van der Waals surface area (Å²) in [6.07, 6.45) is 3.93. The zero-order chi connectivity index (χ0) is 21.1. The number of amides is 1. The molecule has 1 aromatic heterocycles. The quantitative estimate of drug-likeness (QED) is 0.587. The molecule has 0 spiro atoms. The van der Waals surface area contributed by atoms with Crippen LogP contribution in [0.5, 0.6) is 0 Å². The van der Waals surface area contributed by atoms with Gasteiger partial charge in [0.15, 0.2) is 0 Å². The van der Waals surface area contributed by atoms with E-state index in [9.17, 15) is 14.7 Å². The normalized spacial score (nSPS) is 20.2. The summed E-state index contributed by atoms with van der Waals surface area (Å²) in [6, 6.07) is 16.8. The van der Waals surface area contributed by atoms with E-state index in [2.05, 4.69) is 4.98 Å². The molecule has 0 radical (unpaired) electrons. The molecule has 1 amide bonds. The smallest absolute Gasteiger partial charge is 0.311 e. The van der Waals surface area contributed by atoms with Gasteiger partial charge in [0.25, 0.3) is 0 Å². The van der Waals surface area contributed by atoms with Gasteiger partial charge < -0.3 is 20.7 Å². The molecule has 4 N–H and O–H groups in total. The van der Waals surface area contributed by atoms with E-state index in [0.29, 0.717) is 32.2 Å². The van der Waals surface area contributed by atoms with E-state index in [1.165, 1.54) is 0 Å². The van der Waals surface area contributed by atoms with E-state index >= 15 is 0 Å². The Labute approximate surface area is 175 Å². The third-order valence-corrected chi connectivity index (χ3v) is 6.16. The number of carboxylic acids is 1. The molecule has 1 fully saturated rings. The third kappa shape index (κ3) is 3.96. The van der Waals surface area contributed by atoms with Crippen molar-refractivity contribution in [3.63, 3.8) is 0 Å². The second kappa shape index (κ2) is 8.32. The molecule has 4 rings (SSSR count). The van der Waals surface area contributed by atoms with Crippen LogP contribution in [0.2, 0.25) is 0 Å². The maximum absolute atomic E-state index is 13.1. The van der Waals surface area contributed by atoms with Gasteiger partial charge in [0.1, 0.15) is 0 Å². The van der Waals surface area contributed by atoms with Crippen molar-refractivity contribution in [3.05, 3.63) is 71.9 Å². The molecule has 2 heterocycles. The summed E-state index contributed by atoms with van der Waals surface area (Å²) < 4.78 is 0. The summed E-state index contributed by atoms with van der Waals surface area (Å²) in [4.78, 5) is 30.2. The standard InChI is InChI=1S/C24H27N3O3/c25-20(13-18-15-26-21-10-5-4-9-19(18)21)22(28)27-12-6-11-24(16-27,23(29)30)14-17-7-2-1-3-8-17/h1-5,7-10,15,20,26H,6,11-14,16,25H2,(H,29,30)/t20-,24-/m1/s1. The van der Waals surface area contributed by atoms with Crippen LogP contribution >= 0.6 is 0 Å². The maximum Gasteiger partial charge on any atom is 0.311 e. The zero-order valence-electron chi connectivity index (χ0n) is 16.9. The second-order valence-corrected chi connectivity index (χ2v) is 8.28. The number of hydrogen-bond donors (Lipinski definition) is 3. The lowest BCUT2D eigenvalue weighted by Gasteiger charge is -2.41. The van der Waals surface area contributed by atoms with E-state index < -0.39 is 17.4 Å². The van der Waals surface area contributed by atoms with E-state index in [1.54, 1.807) is 4.90 Å². The number of carbonyl (C=O) groups excluding carboxylic acids is 1. The first-order valence-electron chi connectivity index (χ1n) is 10.4. The van der Waals surface area contributed by atoms with Crippen molar-refractivity contribution in [3.8, 4) is 0 Å². The van der Waals surface area contributed by atoms with E-state index in [4.69, 9.17) is 5.73 Å². The minimum atomic E-state index is -0.976. The number of fused-ring (bicyclic) bond motifs is 1. The topological polar surface area (TPSA) is 99.4 Å². The van der Waals surface area contributed by atoms with Crippen LogP contribution in [0, 0.1) is 5.41 Å². The highest BCUT2D eigenvalue weighted by atomic mass is 16.4. The van der Waals surface area contributed by atoms with Gasteiger partial charge in [-0.3, -0.25) is 9.59 Å². The summed E-state index contributed by atoms with van der Waals surface area (Å²) in [5.74, 6) is -1.03. The molecule has 3 aromatic rings. The Morgan fingerprint density at radius 2 is 1.87 bits per heavy atom. The monoisotopic (exact) mass is 405 g/mol. The van der Waals surface area contributed by atoms with Gasteiger partial charge in [-0.2, -0.15) is 0 Å². The first-order chi connectivity index (χ1) is 14.5. The summed E-state index contributed by atoms with van der Waals surface area (Å²) in [5, 5.41) is 11.1. The molecule has 30 heavy (non-hydrogen) atoms. The Bertz CT molecular complexity index is 1050. The molecule has 0 bridgehead atoms. The fraction of sp³-hybridized carbons (Fsp3) is 0.333. The Kier molecular flexibility index (Phi) is 5.59. The van der Waals surface area contributed by atoms with Crippen molar-refractivity contribution in [2.24, 2.45) is 11.1 Å². The van der Waals surface area contributed by atoms with Crippen LogP contribution in [0.4, 0.5) is 0 Å². The van der Waals surface area contributed by atoms with Gasteiger partial charge in [-0.15, -0.1) is 0 Å².